The minimum atomic E-state index is -3.88. The normalized spacial score (nSPS) is 17.0. The molecule has 0 saturated carbocycles. The van der Waals surface area contributed by atoms with Crippen molar-refractivity contribution >= 4 is 26.2 Å². The third-order valence-electron chi connectivity index (χ3n) is 3.32. The van der Waals surface area contributed by atoms with Crippen LogP contribution in [-0.4, -0.2) is 31.0 Å². The highest BCUT2D eigenvalue weighted by atomic mass is 32.3. The van der Waals surface area contributed by atoms with Crippen LogP contribution >= 0.6 is 10.3 Å². The lowest BCUT2D eigenvalue weighted by atomic mass is 10.2. The molecule has 0 aromatic heterocycles. The zero-order valence-electron chi connectivity index (χ0n) is 13.5. The first-order valence-electron chi connectivity index (χ1n) is 6.65. The maximum absolute atomic E-state index is 12.5. The molecule has 1 unspecified atom stereocenters. The van der Waals surface area contributed by atoms with Crippen LogP contribution in [0.1, 0.15) is 33.3 Å². The van der Waals surface area contributed by atoms with Crippen LogP contribution in [0.4, 0.5) is 0 Å². The maximum atomic E-state index is 12.5. The highest BCUT2D eigenvalue weighted by Gasteiger charge is 2.39. The number of hydrogen-bond donors (Lipinski definition) is 0. The molecule has 1 aromatic rings. The largest absolute Gasteiger partial charge is 0.306 e. The zero-order valence-corrected chi connectivity index (χ0v) is 15.1. The summed E-state index contributed by atoms with van der Waals surface area (Å²) in [4.78, 5) is 11.6. The number of Topliss-reactive ketones (excluding diaryl/α,β-unsaturated/α-hetero) is 1. The highest BCUT2D eigenvalue weighted by Crippen LogP contribution is 2.58. The van der Waals surface area contributed by atoms with E-state index in [4.69, 9.17) is 3.63 Å². The lowest BCUT2D eigenvalue weighted by molar-refractivity contribution is -0.114. The predicted octanol–water partition coefficient (Wildman–Crippen LogP) is 3.44. The van der Waals surface area contributed by atoms with Crippen LogP contribution in [0.3, 0.4) is 0 Å². The Bertz CT molecular complexity index is 612. The van der Waals surface area contributed by atoms with E-state index in [0.717, 1.165) is 5.56 Å². The van der Waals surface area contributed by atoms with Gasteiger partial charge in [0.1, 0.15) is 5.78 Å². The van der Waals surface area contributed by atoms with E-state index in [9.17, 15) is 13.2 Å². The fourth-order valence-electron chi connectivity index (χ4n) is 1.67. The minimum Gasteiger partial charge on any atom is -0.299 e. The summed E-state index contributed by atoms with van der Waals surface area (Å²) < 4.78 is 30.1. The summed E-state index contributed by atoms with van der Waals surface area (Å²) in [5.41, 5.74) is 0.976. The highest BCUT2D eigenvalue weighted by molar-refractivity contribution is 8.33. The Hall–Kier alpha value is -0.850. The van der Waals surface area contributed by atoms with Crippen molar-refractivity contribution in [3.05, 3.63) is 29.8 Å². The van der Waals surface area contributed by atoms with Crippen molar-refractivity contribution in [2.24, 2.45) is 0 Å². The molecule has 0 radical (unpaired) electrons. The van der Waals surface area contributed by atoms with E-state index in [1.54, 1.807) is 18.4 Å². The van der Waals surface area contributed by atoms with E-state index < -0.39 is 25.2 Å². The van der Waals surface area contributed by atoms with Crippen LogP contribution in [0.25, 0.3) is 0 Å². The second-order valence-electron chi connectivity index (χ2n) is 6.30. The lowest BCUT2D eigenvalue weighted by Crippen LogP contribution is -2.32. The smallest absolute Gasteiger partial charge is 0.299 e. The molecule has 0 N–H and O–H groups in total. The van der Waals surface area contributed by atoms with E-state index in [-0.39, 0.29) is 16.4 Å². The van der Waals surface area contributed by atoms with Crippen LogP contribution in [-0.2, 0) is 18.5 Å². The Kier molecular flexibility index (Phi) is 5.29. The number of carbonyl (C=O) groups excluding carboxylic acids is 1. The number of aryl methyl sites for hydroxylation is 1. The molecule has 120 valence electrons. The first kappa shape index (κ1) is 18.2. The third kappa shape index (κ3) is 4.56. The second kappa shape index (κ2) is 6.10. The van der Waals surface area contributed by atoms with Crippen LogP contribution in [0, 0.1) is 6.92 Å². The summed E-state index contributed by atoms with van der Waals surface area (Å²) in [7, 11) is -5.99. The molecule has 6 heteroatoms. The SMILES string of the molecule is CC(=O)CS(C)(OS(=O)(=O)c1ccc(C)cc1)C(C)(C)C. The molecule has 0 bridgehead atoms. The average Bonchev–Trinajstić information content (AvgIpc) is 2.25. The van der Waals surface area contributed by atoms with Gasteiger partial charge in [0.2, 0.25) is 0 Å². The molecule has 21 heavy (non-hydrogen) atoms. The predicted molar refractivity (Wildman–Crippen MR) is 88.3 cm³/mol. The molecular formula is C15H24O4S2. The summed E-state index contributed by atoms with van der Waals surface area (Å²) in [6.45, 7) is 9.04. The number of benzene rings is 1. The van der Waals surface area contributed by atoms with Gasteiger partial charge in [-0.3, -0.25) is 4.79 Å². The van der Waals surface area contributed by atoms with Gasteiger partial charge in [-0.25, -0.2) is 3.63 Å². The number of ketones is 1. The van der Waals surface area contributed by atoms with Crippen LogP contribution in [0.2, 0.25) is 0 Å². The number of carbonyl (C=O) groups is 1. The standard InChI is InChI=1S/C15H24O4S2/c1-12-7-9-14(10-8-12)21(17,18)19-20(6,11-13(2)16)15(3,4)5/h7-10H,11H2,1-6H3. The van der Waals surface area contributed by atoms with Crippen molar-refractivity contribution in [2.45, 2.75) is 44.3 Å². The van der Waals surface area contributed by atoms with E-state index >= 15 is 0 Å². The summed E-state index contributed by atoms with van der Waals surface area (Å²) in [6.07, 6.45) is 1.75. The molecule has 0 fully saturated rings. The molecule has 0 aliphatic rings. The van der Waals surface area contributed by atoms with E-state index in [1.165, 1.54) is 19.1 Å². The Morgan fingerprint density at radius 3 is 2.00 bits per heavy atom. The third-order valence-corrected chi connectivity index (χ3v) is 9.64. The van der Waals surface area contributed by atoms with Crippen LogP contribution in [0.5, 0.6) is 0 Å². The molecular weight excluding hydrogens is 308 g/mol. The van der Waals surface area contributed by atoms with Gasteiger partial charge in [0, 0.05) is 4.75 Å². The van der Waals surface area contributed by atoms with Crippen molar-refractivity contribution in [1.29, 1.82) is 0 Å². The van der Waals surface area contributed by atoms with Crippen molar-refractivity contribution in [1.82, 2.24) is 0 Å². The number of hydrogen-bond acceptors (Lipinski definition) is 4. The molecule has 0 saturated heterocycles. The topological polar surface area (TPSA) is 60.4 Å². The summed E-state index contributed by atoms with van der Waals surface area (Å²) >= 11 is 0. The minimum absolute atomic E-state index is 0.0680. The molecule has 0 aliphatic heterocycles. The summed E-state index contributed by atoms with van der Waals surface area (Å²) in [5, 5.41) is 0. The second-order valence-corrected chi connectivity index (χ2v) is 11.7. The first-order valence-corrected chi connectivity index (χ1v) is 10.2. The van der Waals surface area contributed by atoms with Gasteiger partial charge >= 0.3 is 10.1 Å². The van der Waals surface area contributed by atoms with Crippen molar-refractivity contribution in [3.8, 4) is 0 Å². The van der Waals surface area contributed by atoms with Gasteiger partial charge in [-0.1, -0.05) is 38.5 Å². The lowest BCUT2D eigenvalue weighted by Gasteiger charge is -2.45. The Morgan fingerprint density at radius 2 is 1.62 bits per heavy atom. The van der Waals surface area contributed by atoms with Crippen molar-refractivity contribution in [3.63, 3.8) is 0 Å². The molecule has 1 aromatic carbocycles. The molecule has 0 aliphatic carbocycles. The quantitative estimate of drug-likeness (QED) is 0.829. The average molecular weight is 332 g/mol. The molecule has 4 nitrogen and oxygen atoms in total. The van der Waals surface area contributed by atoms with Crippen molar-refractivity contribution in [2.75, 3.05) is 12.0 Å². The van der Waals surface area contributed by atoms with E-state index in [0.29, 0.717) is 0 Å². The van der Waals surface area contributed by atoms with E-state index in [1.807, 2.05) is 27.7 Å². The maximum Gasteiger partial charge on any atom is 0.306 e. The summed E-state index contributed by atoms with van der Waals surface area (Å²) in [5.74, 6) is 0.0586. The zero-order chi connectivity index (χ0) is 16.5. The van der Waals surface area contributed by atoms with Crippen molar-refractivity contribution < 1.29 is 16.8 Å². The molecule has 1 atom stereocenters. The van der Waals surface area contributed by atoms with Gasteiger partial charge in [-0.15, -0.1) is 10.3 Å². The van der Waals surface area contributed by atoms with Gasteiger partial charge in [0.15, 0.2) is 0 Å². The summed E-state index contributed by atoms with van der Waals surface area (Å²) in [6, 6.07) is 6.51. The van der Waals surface area contributed by atoms with Crippen LogP contribution in [0.15, 0.2) is 29.2 Å². The fourth-order valence-corrected chi connectivity index (χ4v) is 6.26. The Balaban J connectivity index is 3.19. The van der Waals surface area contributed by atoms with Crippen LogP contribution < -0.4 is 0 Å². The molecule has 1 rings (SSSR count). The monoisotopic (exact) mass is 332 g/mol. The fraction of sp³-hybridized carbons (Fsp3) is 0.533. The Labute approximate surface area is 129 Å². The first-order chi connectivity index (χ1) is 9.37. The molecule has 0 heterocycles. The molecule has 0 amide bonds. The van der Waals surface area contributed by atoms with Gasteiger partial charge in [-0.2, -0.15) is 8.42 Å². The van der Waals surface area contributed by atoms with Gasteiger partial charge in [-0.05, 0) is 32.2 Å². The van der Waals surface area contributed by atoms with Gasteiger partial charge in [0.05, 0.1) is 10.6 Å². The molecule has 0 spiro atoms. The van der Waals surface area contributed by atoms with Gasteiger partial charge in [0.25, 0.3) is 0 Å². The Morgan fingerprint density at radius 1 is 1.14 bits per heavy atom. The van der Waals surface area contributed by atoms with E-state index in [2.05, 4.69) is 0 Å². The van der Waals surface area contributed by atoms with Gasteiger partial charge < -0.3 is 0 Å². The number of rotatable bonds is 5.